The summed E-state index contributed by atoms with van der Waals surface area (Å²) >= 11 is 0. The highest BCUT2D eigenvalue weighted by atomic mass is 16.5. The molecule has 3 rings (SSSR count). The SMILES string of the molecule is COc1ccc2ccnc(CC3CCNCC3)c2c1. The molecule has 0 bridgehead atoms. The fourth-order valence-corrected chi connectivity index (χ4v) is 2.86. The molecule has 1 N–H and O–H groups in total. The highest BCUT2D eigenvalue weighted by molar-refractivity contribution is 5.85. The number of methoxy groups -OCH3 is 1. The number of rotatable bonds is 3. The molecule has 100 valence electrons. The molecule has 0 aliphatic carbocycles. The molecule has 1 aliphatic heterocycles. The number of pyridine rings is 1. The van der Waals surface area contributed by atoms with Crippen LogP contribution >= 0.6 is 0 Å². The van der Waals surface area contributed by atoms with Gasteiger partial charge in [-0.05, 0) is 61.9 Å². The molecule has 0 unspecified atom stereocenters. The van der Waals surface area contributed by atoms with Crippen LogP contribution in [0.25, 0.3) is 10.8 Å². The summed E-state index contributed by atoms with van der Waals surface area (Å²) in [6, 6.07) is 8.30. The van der Waals surface area contributed by atoms with Gasteiger partial charge in [0.05, 0.1) is 7.11 Å². The number of ether oxygens (including phenoxy) is 1. The van der Waals surface area contributed by atoms with Crippen LogP contribution in [-0.4, -0.2) is 25.2 Å². The number of fused-ring (bicyclic) bond motifs is 1. The van der Waals surface area contributed by atoms with Crippen molar-refractivity contribution in [3.8, 4) is 5.75 Å². The molecule has 1 aromatic heterocycles. The van der Waals surface area contributed by atoms with Crippen LogP contribution in [0.5, 0.6) is 5.75 Å². The number of piperidine rings is 1. The topological polar surface area (TPSA) is 34.1 Å². The summed E-state index contributed by atoms with van der Waals surface area (Å²) in [7, 11) is 1.71. The zero-order valence-electron chi connectivity index (χ0n) is 11.4. The fourth-order valence-electron chi connectivity index (χ4n) is 2.86. The fraction of sp³-hybridized carbons (Fsp3) is 0.438. The first-order valence-corrected chi connectivity index (χ1v) is 6.99. The summed E-state index contributed by atoms with van der Waals surface area (Å²) < 4.78 is 5.33. The summed E-state index contributed by atoms with van der Waals surface area (Å²) in [5, 5.41) is 5.90. The Bertz CT molecular complexity index is 562. The molecule has 19 heavy (non-hydrogen) atoms. The van der Waals surface area contributed by atoms with Gasteiger partial charge in [0, 0.05) is 17.3 Å². The molecule has 1 aromatic carbocycles. The Kier molecular flexibility index (Phi) is 3.65. The molecule has 1 aliphatic rings. The number of nitrogens with one attached hydrogen (secondary N) is 1. The maximum absolute atomic E-state index is 5.33. The average molecular weight is 256 g/mol. The van der Waals surface area contributed by atoms with Crippen LogP contribution in [-0.2, 0) is 6.42 Å². The van der Waals surface area contributed by atoms with Crippen molar-refractivity contribution in [1.29, 1.82) is 0 Å². The van der Waals surface area contributed by atoms with E-state index < -0.39 is 0 Å². The van der Waals surface area contributed by atoms with Crippen molar-refractivity contribution in [3.63, 3.8) is 0 Å². The van der Waals surface area contributed by atoms with Gasteiger partial charge in [0.25, 0.3) is 0 Å². The lowest BCUT2D eigenvalue weighted by Gasteiger charge is -2.22. The molecular formula is C16H20N2O. The predicted octanol–water partition coefficient (Wildman–Crippen LogP) is 2.79. The lowest BCUT2D eigenvalue weighted by Crippen LogP contribution is -2.28. The zero-order valence-corrected chi connectivity index (χ0v) is 11.4. The van der Waals surface area contributed by atoms with E-state index in [0.29, 0.717) is 0 Å². The highest BCUT2D eigenvalue weighted by Gasteiger charge is 2.15. The summed E-state index contributed by atoms with van der Waals surface area (Å²) in [6.07, 6.45) is 5.50. The van der Waals surface area contributed by atoms with Crippen LogP contribution in [0.3, 0.4) is 0 Å². The van der Waals surface area contributed by atoms with Gasteiger partial charge in [0.1, 0.15) is 5.75 Å². The van der Waals surface area contributed by atoms with E-state index in [4.69, 9.17) is 4.74 Å². The Morgan fingerprint density at radius 1 is 1.26 bits per heavy atom. The second-order valence-electron chi connectivity index (χ2n) is 5.24. The van der Waals surface area contributed by atoms with E-state index in [1.165, 1.54) is 29.3 Å². The van der Waals surface area contributed by atoms with Gasteiger partial charge in [0.15, 0.2) is 0 Å². The van der Waals surface area contributed by atoms with Crippen molar-refractivity contribution in [1.82, 2.24) is 10.3 Å². The van der Waals surface area contributed by atoms with Gasteiger partial charge in [0.2, 0.25) is 0 Å². The maximum atomic E-state index is 5.33. The van der Waals surface area contributed by atoms with Crippen LogP contribution in [0.1, 0.15) is 18.5 Å². The Hall–Kier alpha value is -1.61. The lowest BCUT2D eigenvalue weighted by atomic mass is 9.91. The Morgan fingerprint density at radius 2 is 2.11 bits per heavy atom. The molecule has 3 nitrogen and oxygen atoms in total. The van der Waals surface area contributed by atoms with Crippen LogP contribution in [0.2, 0.25) is 0 Å². The molecule has 1 saturated heterocycles. The molecule has 0 radical (unpaired) electrons. The first-order chi connectivity index (χ1) is 9.36. The minimum Gasteiger partial charge on any atom is -0.497 e. The van der Waals surface area contributed by atoms with E-state index >= 15 is 0 Å². The van der Waals surface area contributed by atoms with E-state index in [-0.39, 0.29) is 0 Å². The van der Waals surface area contributed by atoms with Gasteiger partial charge in [-0.25, -0.2) is 0 Å². The minimum absolute atomic E-state index is 0.755. The van der Waals surface area contributed by atoms with E-state index in [0.717, 1.165) is 31.2 Å². The zero-order chi connectivity index (χ0) is 13.1. The van der Waals surface area contributed by atoms with E-state index in [9.17, 15) is 0 Å². The summed E-state index contributed by atoms with van der Waals surface area (Å²) in [4.78, 5) is 4.60. The third kappa shape index (κ3) is 2.71. The Balaban J connectivity index is 1.92. The molecule has 0 amide bonds. The van der Waals surface area contributed by atoms with Crippen molar-refractivity contribution in [2.45, 2.75) is 19.3 Å². The lowest BCUT2D eigenvalue weighted by molar-refractivity contribution is 0.371. The van der Waals surface area contributed by atoms with Crippen molar-refractivity contribution in [2.24, 2.45) is 5.92 Å². The number of benzene rings is 1. The predicted molar refractivity (Wildman–Crippen MR) is 77.6 cm³/mol. The van der Waals surface area contributed by atoms with E-state index in [1.54, 1.807) is 7.11 Å². The van der Waals surface area contributed by atoms with E-state index in [1.807, 2.05) is 12.3 Å². The minimum atomic E-state index is 0.755. The molecule has 1 fully saturated rings. The third-order valence-electron chi connectivity index (χ3n) is 4.00. The van der Waals surface area contributed by atoms with Gasteiger partial charge in [-0.3, -0.25) is 4.98 Å². The van der Waals surface area contributed by atoms with Gasteiger partial charge in [-0.2, -0.15) is 0 Å². The van der Waals surface area contributed by atoms with Crippen molar-refractivity contribution >= 4 is 10.8 Å². The molecule has 2 aromatic rings. The average Bonchev–Trinajstić information content (AvgIpc) is 2.48. The first kappa shape index (κ1) is 12.4. The van der Waals surface area contributed by atoms with Crippen LogP contribution < -0.4 is 10.1 Å². The van der Waals surface area contributed by atoms with Crippen molar-refractivity contribution in [2.75, 3.05) is 20.2 Å². The van der Waals surface area contributed by atoms with Crippen LogP contribution in [0.15, 0.2) is 30.5 Å². The van der Waals surface area contributed by atoms with Crippen molar-refractivity contribution in [3.05, 3.63) is 36.2 Å². The second kappa shape index (κ2) is 5.57. The van der Waals surface area contributed by atoms with E-state index in [2.05, 4.69) is 28.5 Å². The van der Waals surface area contributed by atoms with Gasteiger partial charge in [-0.15, -0.1) is 0 Å². The summed E-state index contributed by atoms with van der Waals surface area (Å²) in [6.45, 7) is 2.28. The van der Waals surface area contributed by atoms with Crippen LogP contribution in [0, 0.1) is 5.92 Å². The van der Waals surface area contributed by atoms with Gasteiger partial charge in [-0.1, -0.05) is 6.07 Å². The quantitative estimate of drug-likeness (QED) is 0.917. The maximum Gasteiger partial charge on any atom is 0.119 e. The third-order valence-corrected chi connectivity index (χ3v) is 4.00. The normalized spacial score (nSPS) is 16.7. The molecular weight excluding hydrogens is 236 g/mol. The molecule has 0 spiro atoms. The first-order valence-electron chi connectivity index (χ1n) is 6.99. The smallest absolute Gasteiger partial charge is 0.119 e. The largest absolute Gasteiger partial charge is 0.497 e. The number of hydrogen-bond acceptors (Lipinski definition) is 3. The summed E-state index contributed by atoms with van der Waals surface area (Å²) in [5.74, 6) is 1.66. The standard InChI is InChI=1S/C16H20N2O/c1-19-14-3-2-13-6-9-18-16(15(13)11-14)10-12-4-7-17-8-5-12/h2-3,6,9,11-12,17H,4-5,7-8,10H2,1H3. The number of nitrogens with zero attached hydrogens (tertiary/aromatic N) is 1. The monoisotopic (exact) mass is 256 g/mol. The second-order valence-corrected chi connectivity index (χ2v) is 5.24. The Morgan fingerprint density at radius 3 is 2.89 bits per heavy atom. The summed E-state index contributed by atoms with van der Waals surface area (Å²) in [5.41, 5.74) is 1.21. The molecule has 2 heterocycles. The number of aromatic nitrogens is 1. The van der Waals surface area contributed by atoms with Gasteiger partial charge < -0.3 is 10.1 Å². The Labute approximate surface area is 114 Å². The van der Waals surface area contributed by atoms with Crippen molar-refractivity contribution < 1.29 is 4.74 Å². The van der Waals surface area contributed by atoms with Gasteiger partial charge >= 0.3 is 0 Å². The highest BCUT2D eigenvalue weighted by Crippen LogP contribution is 2.26. The molecule has 0 atom stereocenters. The molecule has 0 saturated carbocycles. The van der Waals surface area contributed by atoms with Crippen LogP contribution in [0.4, 0.5) is 0 Å². The molecule has 3 heteroatoms. The number of hydrogen-bond donors (Lipinski definition) is 1.